The van der Waals surface area contributed by atoms with E-state index in [4.69, 9.17) is 0 Å². The maximum Gasteiger partial charge on any atom is 0.329 e. The summed E-state index contributed by atoms with van der Waals surface area (Å²) >= 11 is 0. The molecule has 8 nitrogen and oxygen atoms in total. The Hall–Kier alpha value is -4.79. The fraction of sp³-hybridized carbons (Fsp3) is 0.172. The zero-order valence-electron chi connectivity index (χ0n) is 21.3. The number of fused-ring (bicyclic) bond motifs is 1. The molecule has 9 heteroatoms. The van der Waals surface area contributed by atoms with Gasteiger partial charge in [0.05, 0.1) is 29.8 Å². The Morgan fingerprint density at radius 3 is 2.55 bits per heavy atom. The van der Waals surface area contributed by atoms with Crippen LogP contribution in [0.4, 0.5) is 37.8 Å². The summed E-state index contributed by atoms with van der Waals surface area (Å²) in [6, 6.07) is 17.3. The fourth-order valence-electron chi connectivity index (χ4n) is 4.35. The van der Waals surface area contributed by atoms with E-state index >= 15 is 0 Å². The number of carbonyl (C=O) groups is 2. The highest BCUT2D eigenvalue weighted by molar-refractivity contribution is 6.08. The Bertz CT molecular complexity index is 1520. The molecule has 4 aromatic rings. The molecule has 3 amide bonds. The molecule has 0 unspecified atom stereocenters. The zero-order chi connectivity index (χ0) is 26.8. The first-order valence-corrected chi connectivity index (χ1v) is 12.1. The number of rotatable bonds is 6. The van der Waals surface area contributed by atoms with Crippen molar-refractivity contribution >= 4 is 40.5 Å². The van der Waals surface area contributed by atoms with Gasteiger partial charge in [0.25, 0.3) is 5.91 Å². The largest absolute Gasteiger partial charge is 0.339 e. The normalized spacial score (nSPS) is 12.8. The van der Waals surface area contributed by atoms with Gasteiger partial charge < -0.3 is 10.6 Å². The van der Waals surface area contributed by atoms with Gasteiger partial charge in [-0.25, -0.2) is 14.2 Å². The SMILES string of the molecule is Cc1ccc(Nc2cc3c(cn2)CN(c2cc(NC(=O)c4cccc(CF)c4)ccc2C)C(=O)N3C)cn1. The molecule has 5 rings (SSSR count). The van der Waals surface area contributed by atoms with Crippen LogP contribution >= 0.6 is 0 Å². The predicted molar refractivity (Wildman–Crippen MR) is 147 cm³/mol. The molecule has 2 aromatic carbocycles. The van der Waals surface area contributed by atoms with Gasteiger partial charge in [0.2, 0.25) is 0 Å². The summed E-state index contributed by atoms with van der Waals surface area (Å²) in [5.41, 5.74) is 6.26. The molecular weight excluding hydrogens is 483 g/mol. The number of anilines is 5. The lowest BCUT2D eigenvalue weighted by atomic mass is 10.1. The van der Waals surface area contributed by atoms with Crippen molar-refractivity contribution in [2.24, 2.45) is 0 Å². The number of urea groups is 1. The number of halogens is 1. The van der Waals surface area contributed by atoms with Crippen molar-refractivity contribution in [1.29, 1.82) is 0 Å². The predicted octanol–water partition coefficient (Wildman–Crippen LogP) is 6.14. The zero-order valence-corrected chi connectivity index (χ0v) is 21.3. The van der Waals surface area contributed by atoms with Crippen molar-refractivity contribution in [3.8, 4) is 0 Å². The van der Waals surface area contributed by atoms with E-state index in [-0.39, 0.29) is 11.9 Å². The van der Waals surface area contributed by atoms with Crippen molar-refractivity contribution in [2.75, 3.05) is 27.5 Å². The van der Waals surface area contributed by atoms with Crippen LogP contribution in [-0.4, -0.2) is 29.0 Å². The van der Waals surface area contributed by atoms with Gasteiger partial charge in [-0.3, -0.25) is 19.6 Å². The number of amides is 3. The maximum atomic E-state index is 13.5. The third kappa shape index (κ3) is 5.04. The molecule has 0 saturated carbocycles. The molecule has 38 heavy (non-hydrogen) atoms. The van der Waals surface area contributed by atoms with Gasteiger partial charge >= 0.3 is 6.03 Å². The van der Waals surface area contributed by atoms with Crippen molar-refractivity contribution in [3.05, 3.63) is 101 Å². The van der Waals surface area contributed by atoms with Gasteiger partial charge in [-0.1, -0.05) is 18.2 Å². The number of nitrogens with one attached hydrogen (secondary N) is 2. The lowest BCUT2D eigenvalue weighted by Gasteiger charge is -2.36. The lowest BCUT2D eigenvalue weighted by molar-refractivity contribution is 0.102. The lowest BCUT2D eigenvalue weighted by Crippen LogP contribution is -2.45. The summed E-state index contributed by atoms with van der Waals surface area (Å²) in [4.78, 5) is 38.3. The molecule has 0 spiro atoms. The summed E-state index contributed by atoms with van der Waals surface area (Å²) in [6.45, 7) is 3.52. The first-order valence-electron chi connectivity index (χ1n) is 12.1. The summed E-state index contributed by atoms with van der Waals surface area (Å²) in [6.07, 6.45) is 3.49. The van der Waals surface area contributed by atoms with E-state index in [1.165, 1.54) is 6.07 Å². The second kappa shape index (κ2) is 10.3. The van der Waals surface area contributed by atoms with Crippen LogP contribution in [0, 0.1) is 13.8 Å². The van der Waals surface area contributed by atoms with Gasteiger partial charge in [0.15, 0.2) is 0 Å². The number of benzene rings is 2. The highest BCUT2D eigenvalue weighted by atomic mass is 19.1. The Morgan fingerprint density at radius 1 is 0.974 bits per heavy atom. The van der Waals surface area contributed by atoms with Crippen LogP contribution in [0.3, 0.4) is 0 Å². The molecule has 0 atom stereocenters. The third-order valence-electron chi connectivity index (χ3n) is 6.45. The molecule has 2 aromatic heterocycles. The first kappa shape index (κ1) is 24.9. The summed E-state index contributed by atoms with van der Waals surface area (Å²) < 4.78 is 13.0. The van der Waals surface area contributed by atoms with E-state index in [0.29, 0.717) is 34.9 Å². The smallest absolute Gasteiger partial charge is 0.329 e. The van der Waals surface area contributed by atoms with Gasteiger partial charge in [-0.2, -0.15) is 0 Å². The van der Waals surface area contributed by atoms with Gasteiger partial charge in [0, 0.05) is 41.8 Å². The van der Waals surface area contributed by atoms with E-state index in [9.17, 15) is 14.0 Å². The van der Waals surface area contributed by atoms with Crippen LogP contribution in [0.1, 0.15) is 32.7 Å². The Balaban J connectivity index is 1.38. The number of aromatic nitrogens is 2. The van der Waals surface area contributed by atoms with Crippen LogP contribution in [0.25, 0.3) is 0 Å². The van der Waals surface area contributed by atoms with Crippen molar-refractivity contribution in [3.63, 3.8) is 0 Å². The third-order valence-corrected chi connectivity index (χ3v) is 6.45. The molecule has 0 aliphatic carbocycles. The monoisotopic (exact) mass is 510 g/mol. The minimum atomic E-state index is -0.641. The fourth-order valence-corrected chi connectivity index (χ4v) is 4.35. The molecule has 192 valence electrons. The second-order valence-corrected chi connectivity index (χ2v) is 9.23. The second-order valence-electron chi connectivity index (χ2n) is 9.23. The van der Waals surface area contributed by atoms with E-state index in [0.717, 1.165) is 28.2 Å². The summed E-state index contributed by atoms with van der Waals surface area (Å²) in [5, 5.41) is 6.09. The van der Waals surface area contributed by atoms with Gasteiger partial charge in [-0.15, -0.1) is 0 Å². The Labute approximate surface area is 220 Å². The topological polar surface area (TPSA) is 90.5 Å². The number of alkyl halides is 1. The average Bonchev–Trinajstić information content (AvgIpc) is 2.93. The number of nitrogens with zero attached hydrogens (tertiary/aromatic N) is 4. The highest BCUT2D eigenvalue weighted by Crippen LogP contribution is 2.35. The van der Waals surface area contributed by atoms with Crippen molar-refractivity contribution in [2.45, 2.75) is 27.1 Å². The first-order chi connectivity index (χ1) is 18.3. The van der Waals surface area contributed by atoms with Crippen LogP contribution < -0.4 is 20.4 Å². The van der Waals surface area contributed by atoms with Crippen molar-refractivity contribution < 1.29 is 14.0 Å². The molecule has 0 bridgehead atoms. The summed E-state index contributed by atoms with van der Waals surface area (Å²) in [5.74, 6) is 0.260. The minimum Gasteiger partial charge on any atom is -0.339 e. The summed E-state index contributed by atoms with van der Waals surface area (Å²) in [7, 11) is 1.73. The standard InChI is InChI=1S/C29H27FN6O2/c1-18-7-9-23(34-28(37)21-6-4-5-20(11-21)14-30)12-25(18)36-17-22-15-32-27(13-26(22)35(3)29(36)38)33-24-10-8-19(2)31-16-24/h4-13,15-16H,14,17H2,1-3H3,(H,32,33)(H,34,37). The van der Waals surface area contributed by atoms with Crippen molar-refractivity contribution in [1.82, 2.24) is 9.97 Å². The number of hydrogen-bond acceptors (Lipinski definition) is 5. The number of carbonyl (C=O) groups excluding carboxylic acids is 2. The van der Waals surface area contributed by atoms with E-state index in [1.807, 2.05) is 38.1 Å². The molecule has 1 aliphatic heterocycles. The van der Waals surface area contributed by atoms with Crippen LogP contribution in [0.2, 0.25) is 0 Å². The van der Waals surface area contributed by atoms with Crippen LogP contribution in [0.5, 0.6) is 0 Å². The molecule has 2 N–H and O–H groups in total. The minimum absolute atomic E-state index is 0.200. The van der Waals surface area contributed by atoms with Gasteiger partial charge in [0.1, 0.15) is 12.5 Å². The Kier molecular flexibility index (Phi) is 6.74. The van der Waals surface area contributed by atoms with Gasteiger partial charge in [-0.05, 0) is 61.4 Å². The molecule has 1 aliphatic rings. The molecule has 0 saturated heterocycles. The van der Waals surface area contributed by atoms with Crippen LogP contribution in [-0.2, 0) is 13.2 Å². The highest BCUT2D eigenvalue weighted by Gasteiger charge is 2.30. The Morgan fingerprint density at radius 2 is 1.79 bits per heavy atom. The van der Waals surface area contributed by atoms with E-state index < -0.39 is 6.67 Å². The van der Waals surface area contributed by atoms with E-state index in [1.54, 1.807) is 59.6 Å². The number of pyridine rings is 2. The number of hydrogen-bond donors (Lipinski definition) is 2. The quantitative estimate of drug-likeness (QED) is 0.325. The maximum absolute atomic E-state index is 13.5. The average molecular weight is 511 g/mol. The molecule has 3 heterocycles. The van der Waals surface area contributed by atoms with E-state index in [2.05, 4.69) is 20.6 Å². The number of aryl methyl sites for hydroxylation is 2. The van der Waals surface area contributed by atoms with Crippen LogP contribution in [0.15, 0.2) is 73.1 Å². The molecule has 0 fully saturated rings. The molecular formula is C29H27FN6O2. The molecule has 0 radical (unpaired) electrons.